The summed E-state index contributed by atoms with van der Waals surface area (Å²) < 4.78 is 0. The fraction of sp³-hybridized carbons (Fsp3) is 0.130. The van der Waals surface area contributed by atoms with Gasteiger partial charge in [0.25, 0.3) is 0 Å². The molecule has 0 fully saturated rings. The van der Waals surface area contributed by atoms with Crippen LogP contribution in [0.5, 0.6) is 0 Å². The molecule has 5 aromatic rings. The lowest BCUT2D eigenvalue weighted by atomic mass is 10.1. The summed E-state index contributed by atoms with van der Waals surface area (Å²) in [7, 11) is 0. The standard InChI is InChI=1S/C23H18N4OS3/c1-13-3-4-17-18(9-13)24-14(2)20(17)19(28)12-31-23-25-21(15-5-7-29-10-15)22(26-27-23)16-6-8-30-11-16/h3-11,24H,12H2,1-2H3. The third-order valence-corrected chi connectivity index (χ3v) is 7.21. The van der Waals surface area contributed by atoms with Gasteiger partial charge in [-0.25, -0.2) is 4.98 Å². The number of thiophene rings is 2. The number of aryl methyl sites for hydroxylation is 2. The topological polar surface area (TPSA) is 71.5 Å². The minimum atomic E-state index is 0.0557. The summed E-state index contributed by atoms with van der Waals surface area (Å²) in [5, 5.41) is 18.3. The summed E-state index contributed by atoms with van der Waals surface area (Å²) >= 11 is 4.55. The lowest BCUT2D eigenvalue weighted by Crippen LogP contribution is -2.05. The normalized spacial score (nSPS) is 11.3. The Morgan fingerprint density at radius 2 is 1.74 bits per heavy atom. The lowest BCUT2D eigenvalue weighted by molar-refractivity contribution is 0.102. The SMILES string of the molecule is Cc1ccc2c(C(=O)CSc3nnc(-c4ccsc4)c(-c4ccsc4)n3)c(C)[nH]c2c1. The number of carbonyl (C=O) groups excluding carboxylic acids is 1. The molecule has 1 N–H and O–H groups in total. The highest BCUT2D eigenvalue weighted by molar-refractivity contribution is 7.99. The second-order valence-electron chi connectivity index (χ2n) is 7.20. The van der Waals surface area contributed by atoms with Gasteiger partial charge in [0.15, 0.2) is 5.78 Å². The predicted molar refractivity (Wildman–Crippen MR) is 129 cm³/mol. The van der Waals surface area contributed by atoms with Gasteiger partial charge in [0, 0.05) is 44.0 Å². The molecule has 8 heteroatoms. The highest BCUT2D eigenvalue weighted by Gasteiger charge is 2.19. The van der Waals surface area contributed by atoms with Crippen LogP contribution in [0.3, 0.4) is 0 Å². The van der Waals surface area contributed by atoms with Crippen molar-refractivity contribution < 1.29 is 4.79 Å². The molecule has 5 rings (SSSR count). The number of fused-ring (bicyclic) bond motifs is 1. The van der Waals surface area contributed by atoms with Gasteiger partial charge in [0.2, 0.25) is 5.16 Å². The van der Waals surface area contributed by atoms with E-state index in [-0.39, 0.29) is 11.5 Å². The number of hydrogen-bond acceptors (Lipinski definition) is 7. The molecule has 0 aliphatic rings. The monoisotopic (exact) mass is 462 g/mol. The van der Waals surface area contributed by atoms with E-state index in [1.165, 1.54) is 11.8 Å². The van der Waals surface area contributed by atoms with Crippen LogP contribution in [0.1, 0.15) is 21.6 Å². The fourth-order valence-corrected chi connectivity index (χ4v) is 5.51. The molecule has 0 radical (unpaired) electrons. The molecule has 1 aromatic carbocycles. The molecule has 4 heterocycles. The van der Waals surface area contributed by atoms with Crippen LogP contribution in [0, 0.1) is 13.8 Å². The van der Waals surface area contributed by atoms with Crippen molar-refractivity contribution in [3.8, 4) is 22.5 Å². The summed E-state index contributed by atoms with van der Waals surface area (Å²) in [6.07, 6.45) is 0. The number of H-pyrrole nitrogens is 1. The molecule has 0 aliphatic carbocycles. The van der Waals surface area contributed by atoms with Crippen molar-refractivity contribution in [3.63, 3.8) is 0 Å². The predicted octanol–water partition coefficient (Wildman–Crippen LogP) is 6.40. The Hall–Kier alpha value is -2.81. The van der Waals surface area contributed by atoms with Crippen molar-refractivity contribution in [1.82, 2.24) is 20.2 Å². The van der Waals surface area contributed by atoms with Crippen molar-refractivity contribution >= 4 is 51.1 Å². The first-order valence-corrected chi connectivity index (χ1v) is 12.5. The molecule has 0 unspecified atom stereocenters. The second kappa shape index (κ2) is 8.37. The van der Waals surface area contributed by atoms with Crippen LogP contribution in [0.4, 0.5) is 0 Å². The van der Waals surface area contributed by atoms with Crippen LogP contribution >= 0.6 is 34.4 Å². The molecule has 4 aromatic heterocycles. The average Bonchev–Trinajstić information content (AvgIpc) is 3.52. The fourth-order valence-electron chi connectivity index (χ4n) is 3.57. The van der Waals surface area contributed by atoms with Gasteiger partial charge in [-0.15, -0.1) is 10.2 Å². The molecule has 0 aliphatic heterocycles. The van der Waals surface area contributed by atoms with Crippen molar-refractivity contribution in [2.45, 2.75) is 19.0 Å². The number of carbonyl (C=O) groups is 1. The minimum absolute atomic E-state index is 0.0557. The van der Waals surface area contributed by atoms with E-state index >= 15 is 0 Å². The Morgan fingerprint density at radius 1 is 1.00 bits per heavy atom. The number of nitrogens with zero attached hydrogens (tertiary/aromatic N) is 3. The molecule has 0 spiro atoms. The van der Waals surface area contributed by atoms with Crippen molar-refractivity contribution in [2.75, 3.05) is 5.75 Å². The smallest absolute Gasteiger partial charge is 0.210 e. The third kappa shape index (κ3) is 3.94. The van der Waals surface area contributed by atoms with E-state index in [9.17, 15) is 4.79 Å². The molecular formula is C23H18N4OS3. The Balaban J connectivity index is 1.43. The second-order valence-corrected chi connectivity index (χ2v) is 9.70. The van der Waals surface area contributed by atoms with E-state index in [1.807, 2.05) is 54.3 Å². The minimum Gasteiger partial charge on any atom is -0.358 e. The average molecular weight is 463 g/mol. The van der Waals surface area contributed by atoms with Gasteiger partial charge in [-0.3, -0.25) is 4.79 Å². The number of aromatic amines is 1. The molecule has 0 atom stereocenters. The van der Waals surface area contributed by atoms with E-state index in [4.69, 9.17) is 4.98 Å². The first-order valence-electron chi connectivity index (χ1n) is 9.65. The summed E-state index contributed by atoms with van der Waals surface area (Å²) in [5.41, 5.74) is 7.35. The van der Waals surface area contributed by atoms with Crippen molar-refractivity contribution in [1.29, 1.82) is 0 Å². The first-order chi connectivity index (χ1) is 15.1. The number of rotatable bonds is 6. The number of hydrogen-bond donors (Lipinski definition) is 1. The van der Waals surface area contributed by atoms with Crippen LogP contribution in [-0.4, -0.2) is 31.7 Å². The number of Topliss-reactive ketones (excluding diaryl/α,β-unsaturated/α-hetero) is 1. The van der Waals surface area contributed by atoms with Gasteiger partial charge in [0.1, 0.15) is 11.4 Å². The van der Waals surface area contributed by atoms with Crippen LogP contribution in [-0.2, 0) is 0 Å². The van der Waals surface area contributed by atoms with Gasteiger partial charge < -0.3 is 4.98 Å². The maximum Gasteiger partial charge on any atom is 0.210 e. The van der Waals surface area contributed by atoms with Gasteiger partial charge in [-0.1, -0.05) is 23.9 Å². The third-order valence-electron chi connectivity index (χ3n) is 5.01. The van der Waals surface area contributed by atoms with Crippen molar-refractivity contribution in [2.24, 2.45) is 0 Å². The Morgan fingerprint density at radius 3 is 2.45 bits per heavy atom. The summed E-state index contributed by atoms with van der Waals surface area (Å²) in [6, 6.07) is 10.2. The van der Waals surface area contributed by atoms with Gasteiger partial charge >= 0.3 is 0 Å². The summed E-state index contributed by atoms with van der Waals surface area (Å²) in [6.45, 7) is 3.98. The molecule has 0 bridgehead atoms. The zero-order valence-corrected chi connectivity index (χ0v) is 19.3. The molecule has 5 nitrogen and oxygen atoms in total. The zero-order chi connectivity index (χ0) is 21.4. The molecule has 154 valence electrons. The summed E-state index contributed by atoms with van der Waals surface area (Å²) in [4.78, 5) is 21.1. The van der Waals surface area contributed by atoms with E-state index in [0.717, 1.165) is 50.2 Å². The molecule has 0 amide bonds. The quantitative estimate of drug-likeness (QED) is 0.233. The van der Waals surface area contributed by atoms with Gasteiger partial charge in [0.05, 0.1) is 5.75 Å². The number of aromatic nitrogens is 4. The number of ketones is 1. The number of thioether (sulfide) groups is 1. The highest BCUT2D eigenvalue weighted by Crippen LogP contribution is 2.32. The van der Waals surface area contributed by atoms with Crippen LogP contribution in [0.15, 0.2) is 57.0 Å². The number of benzene rings is 1. The van der Waals surface area contributed by atoms with Crippen molar-refractivity contribution in [3.05, 3.63) is 68.7 Å². The maximum absolute atomic E-state index is 13.1. The Kier molecular flexibility index (Phi) is 5.43. The van der Waals surface area contributed by atoms with Crippen LogP contribution < -0.4 is 0 Å². The number of nitrogens with one attached hydrogen (secondary N) is 1. The first kappa shape index (κ1) is 20.1. The largest absolute Gasteiger partial charge is 0.358 e. The Labute approximate surface area is 191 Å². The van der Waals surface area contributed by atoms with E-state index in [0.29, 0.717) is 5.16 Å². The van der Waals surface area contributed by atoms with E-state index in [1.54, 1.807) is 22.7 Å². The van der Waals surface area contributed by atoms with Gasteiger partial charge in [-0.05, 0) is 48.4 Å². The molecule has 0 saturated carbocycles. The van der Waals surface area contributed by atoms with E-state index in [2.05, 4.69) is 26.6 Å². The van der Waals surface area contributed by atoms with E-state index < -0.39 is 0 Å². The Bertz CT molecular complexity index is 1370. The van der Waals surface area contributed by atoms with Crippen LogP contribution in [0.25, 0.3) is 33.4 Å². The molecular weight excluding hydrogens is 444 g/mol. The van der Waals surface area contributed by atoms with Crippen LogP contribution in [0.2, 0.25) is 0 Å². The summed E-state index contributed by atoms with van der Waals surface area (Å²) in [5.74, 6) is 0.310. The molecule has 31 heavy (non-hydrogen) atoms. The molecule has 0 saturated heterocycles. The lowest BCUT2D eigenvalue weighted by Gasteiger charge is -2.07. The maximum atomic E-state index is 13.1. The van der Waals surface area contributed by atoms with Gasteiger partial charge in [-0.2, -0.15) is 22.7 Å². The highest BCUT2D eigenvalue weighted by atomic mass is 32.2. The zero-order valence-electron chi connectivity index (χ0n) is 16.9.